The molecule has 0 bridgehead atoms. The molecule has 0 atom stereocenters. The van der Waals surface area contributed by atoms with Crippen molar-refractivity contribution < 1.29 is 18.3 Å². The summed E-state index contributed by atoms with van der Waals surface area (Å²) >= 11 is 0. The molecule has 12 nitrogen and oxygen atoms in total. The van der Waals surface area contributed by atoms with Gasteiger partial charge in [-0.3, -0.25) is 19.0 Å². The summed E-state index contributed by atoms with van der Waals surface area (Å²) < 4.78 is 30.6. The standard InChI is InChI=1S/C38H31FN8O4/c1-44(2)20-23-6-5-7-24(16-23)32-33-34(25(17-40)18-41-37(33)51-35(32)26-19-42-45(3)21-26)50-30-14-10-28(11-15-30)43-36(48)31-22-46(4)47(38(31)49)29-12-8-27(39)9-13-29/h5-16,18-19,21-22H,20H2,1-4H3,(H,43,48). The summed E-state index contributed by atoms with van der Waals surface area (Å²) in [5, 5.41) is 17.8. The van der Waals surface area contributed by atoms with Gasteiger partial charge >= 0.3 is 0 Å². The number of carbonyl (C=O) groups is 1. The van der Waals surface area contributed by atoms with Crippen LogP contribution in [0.2, 0.25) is 0 Å². The second-order valence-corrected chi connectivity index (χ2v) is 12.2. The molecule has 0 aliphatic carbocycles. The van der Waals surface area contributed by atoms with Crippen molar-refractivity contribution in [2.24, 2.45) is 14.1 Å². The third-order valence-corrected chi connectivity index (χ3v) is 8.18. The first-order valence-corrected chi connectivity index (χ1v) is 15.8. The first-order chi connectivity index (χ1) is 24.6. The number of benzene rings is 3. The number of hydrogen-bond acceptors (Lipinski definition) is 8. The molecule has 0 aliphatic rings. The number of aromatic nitrogens is 5. The number of nitrogens with one attached hydrogen (secondary N) is 1. The number of pyridine rings is 1. The summed E-state index contributed by atoms with van der Waals surface area (Å²) in [6.07, 6.45) is 6.37. The van der Waals surface area contributed by atoms with Gasteiger partial charge < -0.3 is 19.4 Å². The Labute approximate surface area is 291 Å². The fraction of sp³-hybridized carbons (Fsp3) is 0.132. The second-order valence-electron chi connectivity index (χ2n) is 12.2. The molecule has 4 heterocycles. The molecule has 1 N–H and O–H groups in total. The van der Waals surface area contributed by atoms with Gasteiger partial charge in [-0.15, -0.1) is 0 Å². The van der Waals surface area contributed by atoms with E-state index in [9.17, 15) is 19.2 Å². The van der Waals surface area contributed by atoms with Crippen LogP contribution in [-0.2, 0) is 20.6 Å². The molecule has 7 rings (SSSR count). The quantitative estimate of drug-likeness (QED) is 0.182. The van der Waals surface area contributed by atoms with Crippen molar-refractivity contribution in [1.29, 1.82) is 5.26 Å². The van der Waals surface area contributed by atoms with Gasteiger partial charge in [-0.2, -0.15) is 10.4 Å². The molecule has 1 amide bonds. The van der Waals surface area contributed by atoms with Crippen LogP contribution >= 0.6 is 0 Å². The van der Waals surface area contributed by atoms with E-state index in [2.05, 4.69) is 32.4 Å². The molecule has 7 aromatic rings. The Morgan fingerprint density at radius 2 is 1.78 bits per heavy atom. The minimum atomic E-state index is -0.616. The lowest BCUT2D eigenvalue weighted by molar-refractivity contribution is 0.102. The predicted octanol–water partition coefficient (Wildman–Crippen LogP) is 6.50. The summed E-state index contributed by atoms with van der Waals surface area (Å²) in [7, 11) is 7.44. The van der Waals surface area contributed by atoms with Crippen molar-refractivity contribution >= 4 is 22.7 Å². The lowest BCUT2D eigenvalue weighted by Gasteiger charge is -2.13. The van der Waals surface area contributed by atoms with E-state index < -0.39 is 17.3 Å². The molecule has 13 heteroatoms. The van der Waals surface area contributed by atoms with Gasteiger partial charge in [0.05, 0.1) is 29.0 Å². The summed E-state index contributed by atoms with van der Waals surface area (Å²) in [5.41, 5.74) is 4.04. The number of carbonyl (C=O) groups excluding carboxylic acids is 1. The molecule has 0 saturated carbocycles. The van der Waals surface area contributed by atoms with E-state index in [4.69, 9.17) is 9.15 Å². The van der Waals surface area contributed by atoms with Crippen LogP contribution in [0, 0.1) is 17.1 Å². The average Bonchev–Trinajstić information content (AvgIpc) is 3.80. The Morgan fingerprint density at radius 3 is 2.47 bits per heavy atom. The third kappa shape index (κ3) is 6.39. The number of nitriles is 1. The zero-order valence-electron chi connectivity index (χ0n) is 28.1. The van der Waals surface area contributed by atoms with Gasteiger partial charge in [-0.05, 0) is 79.8 Å². The monoisotopic (exact) mass is 682 g/mol. The van der Waals surface area contributed by atoms with E-state index in [1.54, 1.807) is 42.2 Å². The van der Waals surface area contributed by atoms with Crippen molar-refractivity contribution in [2.45, 2.75) is 6.54 Å². The Kier molecular flexibility index (Phi) is 8.52. The first kappa shape index (κ1) is 32.8. The van der Waals surface area contributed by atoms with E-state index in [-0.39, 0.29) is 22.6 Å². The highest BCUT2D eigenvalue weighted by molar-refractivity contribution is 6.05. The van der Waals surface area contributed by atoms with Crippen LogP contribution in [0.3, 0.4) is 0 Å². The molecule has 4 aromatic heterocycles. The van der Waals surface area contributed by atoms with Gasteiger partial charge in [-0.25, -0.2) is 14.1 Å². The molecule has 0 radical (unpaired) electrons. The number of anilines is 1. The minimum absolute atomic E-state index is 0.0912. The predicted molar refractivity (Wildman–Crippen MR) is 189 cm³/mol. The van der Waals surface area contributed by atoms with Gasteiger partial charge in [0, 0.05) is 44.3 Å². The Morgan fingerprint density at radius 1 is 1.02 bits per heavy atom. The fourth-order valence-electron chi connectivity index (χ4n) is 5.95. The van der Waals surface area contributed by atoms with Gasteiger partial charge in [0.25, 0.3) is 11.5 Å². The van der Waals surface area contributed by atoms with Crippen molar-refractivity contribution in [2.75, 3.05) is 19.4 Å². The van der Waals surface area contributed by atoms with E-state index in [1.807, 2.05) is 45.5 Å². The van der Waals surface area contributed by atoms with Crippen LogP contribution in [0.25, 0.3) is 39.2 Å². The van der Waals surface area contributed by atoms with E-state index >= 15 is 0 Å². The summed E-state index contributed by atoms with van der Waals surface area (Å²) in [5.74, 6) is 0.123. The Balaban J connectivity index is 1.23. The van der Waals surface area contributed by atoms with E-state index in [0.717, 1.165) is 16.7 Å². The van der Waals surface area contributed by atoms with Crippen molar-refractivity contribution in [3.8, 4) is 45.7 Å². The number of furan rings is 1. The average molecular weight is 683 g/mol. The summed E-state index contributed by atoms with van der Waals surface area (Å²) in [4.78, 5) is 32.9. The van der Waals surface area contributed by atoms with E-state index in [0.29, 0.717) is 40.4 Å². The van der Waals surface area contributed by atoms with E-state index in [1.165, 1.54) is 46.0 Å². The Hall–Kier alpha value is -6.78. The minimum Gasteiger partial charge on any atom is -0.455 e. The maximum absolute atomic E-state index is 13.4. The van der Waals surface area contributed by atoms with Crippen molar-refractivity contribution in [3.63, 3.8) is 0 Å². The first-order valence-electron chi connectivity index (χ1n) is 15.8. The highest BCUT2D eigenvalue weighted by atomic mass is 19.1. The third-order valence-electron chi connectivity index (χ3n) is 8.18. The number of fused-ring (bicyclic) bond motifs is 1. The second kappa shape index (κ2) is 13.3. The van der Waals surface area contributed by atoms with Crippen LogP contribution in [0.1, 0.15) is 21.5 Å². The van der Waals surface area contributed by atoms with Crippen molar-refractivity contribution in [3.05, 3.63) is 130 Å². The fourth-order valence-corrected chi connectivity index (χ4v) is 5.95. The molecular formula is C38H31FN8O4. The van der Waals surface area contributed by atoms with Gasteiger partial charge in [0.15, 0.2) is 5.75 Å². The zero-order valence-corrected chi connectivity index (χ0v) is 28.1. The van der Waals surface area contributed by atoms with Crippen LogP contribution in [0.15, 0.2) is 107 Å². The lowest BCUT2D eigenvalue weighted by Crippen LogP contribution is -2.25. The summed E-state index contributed by atoms with van der Waals surface area (Å²) in [6, 6.07) is 22.2. The molecule has 0 fully saturated rings. The van der Waals surface area contributed by atoms with Crippen LogP contribution in [0.5, 0.6) is 11.5 Å². The molecule has 3 aromatic carbocycles. The maximum atomic E-state index is 13.4. The number of halogens is 1. The zero-order chi connectivity index (χ0) is 35.8. The maximum Gasteiger partial charge on any atom is 0.284 e. The van der Waals surface area contributed by atoms with Gasteiger partial charge in [0.1, 0.15) is 34.5 Å². The van der Waals surface area contributed by atoms with Gasteiger partial charge in [-0.1, -0.05) is 18.2 Å². The molecule has 51 heavy (non-hydrogen) atoms. The number of nitrogens with zero attached hydrogens (tertiary/aromatic N) is 7. The number of hydrogen-bond donors (Lipinski definition) is 1. The molecular weight excluding hydrogens is 651 g/mol. The number of rotatable bonds is 9. The Bertz CT molecular complexity index is 2520. The highest BCUT2D eigenvalue weighted by Crippen LogP contribution is 2.46. The molecule has 0 aliphatic heterocycles. The summed E-state index contributed by atoms with van der Waals surface area (Å²) in [6.45, 7) is 0.717. The molecule has 0 unspecified atom stereocenters. The van der Waals surface area contributed by atoms with Crippen LogP contribution in [-0.4, -0.2) is 49.0 Å². The SMILES string of the molecule is CN(C)Cc1cccc(-c2c(-c3cnn(C)c3)oc3ncc(C#N)c(Oc4ccc(NC(=O)c5cn(C)n(-c6ccc(F)cc6)c5=O)cc4)c23)c1. The van der Waals surface area contributed by atoms with Crippen LogP contribution < -0.4 is 15.6 Å². The highest BCUT2D eigenvalue weighted by Gasteiger charge is 2.26. The normalized spacial score (nSPS) is 11.2. The van der Waals surface area contributed by atoms with Crippen molar-refractivity contribution in [1.82, 2.24) is 29.0 Å². The smallest absolute Gasteiger partial charge is 0.284 e. The number of amides is 1. The molecule has 254 valence electrons. The topological polar surface area (TPSA) is 136 Å². The molecule has 0 spiro atoms. The van der Waals surface area contributed by atoms with Gasteiger partial charge in [0.2, 0.25) is 5.71 Å². The molecule has 0 saturated heterocycles. The number of ether oxygens (including phenoxy) is 1. The largest absolute Gasteiger partial charge is 0.455 e. The lowest BCUT2D eigenvalue weighted by atomic mass is 9.97. The van der Waals surface area contributed by atoms with Crippen LogP contribution in [0.4, 0.5) is 10.1 Å². The number of aryl methyl sites for hydroxylation is 2.